The average molecular weight is 358 g/mol. The smallest absolute Gasteiger partial charge is 0.271 e. The van der Waals surface area contributed by atoms with Crippen molar-refractivity contribution in [2.24, 2.45) is 11.7 Å². The number of nitrogens with zero attached hydrogens (tertiary/aromatic N) is 3. The van der Waals surface area contributed by atoms with Gasteiger partial charge in [-0.2, -0.15) is 4.68 Å². The van der Waals surface area contributed by atoms with Gasteiger partial charge in [0, 0.05) is 30.1 Å². The highest BCUT2D eigenvalue weighted by Crippen LogP contribution is 2.20. The Kier molecular flexibility index (Phi) is 4.70. The highest BCUT2D eigenvalue weighted by Gasteiger charge is 2.18. The molecule has 0 radical (unpaired) electrons. The Morgan fingerprint density at radius 1 is 1.42 bits per heavy atom. The lowest BCUT2D eigenvalue weighted by atomic mass is 10.0. The summed E-state index contributed by atoms with van der Waals surface area (Å²) in [6.07, 6.45) is 2.77. The predicted octanol–water partition coefficient (Wildman–Crippen LogP) is 1.56. The lowest BCUT2D eigenvalue weighted by Crippen LogP contribution is -2.32. The molecule has 0 aliphatic heterocycles. The van der Waals surface area contributed by atoms with Crippen LogP contribution < -0.4 is 16.6 Å². The third kappa shape index (κ3) is 3.56. The van der Waals surface area contributed by atoms with Crippen molar-refractivity contribution in [2.75, 3.05) is 5.32 Å². The molecule has 3 aromatic rings. The number of carbonyl (C=O) groups excluding carboxylic acids is 1. The lowest BCUT2D eigenvalue weighted by Gasteiger charge is -2.21. The van der Waals surface area contributed by atoms with Crippen LogP contribution in [0.5, 0.6) is 0 Å². The molecule has 9 heteroatoms. The number of carbonyl (C=O) groups is 1. The van der Waals surface area contributed by atoms with Crippen LogP contribution in [0.1, 0.15) is 20.3 Å². The molecule has 0 bridgehead atoms. The first-order valence-corrected chi connectivity index (χ1v) is 8.13. The minimum absolute atomic E-state index is 0.121. The fourth-order valence-electron chi connectivity index (χ4n) is 2.66. The largest absolute Gasteiger partial charge is 0.370 e. The first kappa shape index (κ1) is 17.6. The van der Waals surface area contributed by atoms with Crippen molar-refractivity contribution in [2.45, 2.75) is 26.3 Å². The second-order valence-electron chi connectivity index (χ2n) is 6.36. The van der Waals surface area contributed by atoms with Gasteiger partial charge in [0.1, 0.15) is 17.3 Å². The van der Waals surface area contributed by atoms with E-state index >= 15 is 0 Å². The Morgan fingerprint density at radius 3 is 2.88 bits per heavy atom. The van der Waals surface area contributed by atoms with Gasteiger partial charge in [-0.05, 0) is 18.1 Å². The minimum atomic E-state index is -0.512. The van der Waals surface area contributed by atoms with Crippen molar-refractivity contribution in [1.29, 1.82) is 0 Å². The third-order valence-electron chi connectivity index (χ3n) is 4.06. The number of aromatic nitrogens is 4. The number of rotatable bonds is 6. The second-order valence-corrected chi connectivity index (χ2v) is 6.36. The molecule has 0 aliphatic carbocycles. The lowest BCUT2D eigenvalue weighted by molar-refractivity contribution is -0.118. The zero-order chi connectivity index (χ0) is 18.8. The van der Waals surface area contributed by atoms with Crippen LogP contribution in [0.15, 0.2) is 35.4 Å². The van der Waals surface area contributed by atoms with E-state index in [4.69, 9.17) is 5.73 Å². The van der Waals surface area contributed by atoms with E-state index in [-0.39, 0.29) is 23.9 Å². The third-order valence-corrected chi connectivity index (χ3v) is 4.06. The van der Waals surface area contributed by atoms with Crippen LogP contribution >= 0.6 is 0 Å². The molecule has 0 aromatic carbocycles. The molecule has 136 valence electrons. The van der Waals surface area contributed by atoms with Gasteiger partial charge in [0.25, 0.3) is 5.56 Å². The number of nitrogens with one attached hydrogen (secondary N) is 2. The molecule has 8 nitrogen and oxygen atoms in total. The maximum absolute atomic E-state index is 13.5. The van der Waals surface area contributed by atoms with Crippen LogP contribution in [0.3, 0.4) is 0 Å². The van der Waals surface area contributed by atoms with Gasteiger partial charge in [-0.15, -0.1) is 5.10 Å². The molecule has 1 amide bonds. The number of halogens is 1. The number of hydrogen-bond acceptors (Lipinski definition) is 5. The molecule has 0 aliphatic rings. The first-order valence-electron chi connectivity index (χ1n) is 8.13. The highest BCUT2D eigenvalue weighted by atomic mass is 19.1. The fraction of sp³-hybridized carbons (Fsp3) is 0.294. The van der Waals surface area contributed by atoms with E-state index in [9.17, 15) is 14.0 Å². The zero-order valence-corrected chi connectivity index (χ0v) is 14.4. The Balaban J connectivity index is 2.01. The summed E-state index contributed by atoms with van der Waals surface area (Å²) in [5.74, 6) is -0.413. The van der Waals surface area contributed by atoms with E-state index in [2.05, 4.69) is 20.4 Å². The van der Waals surface area contributed by atoms with Crippen LogP contribution in [0, 0.1) is 11.7 Å². The van der Waals surface area contributed by atoms with Crippen LogP contribution in [0.25, 0.3) is 16.7 Å². The van der Waals surface area contributed by atoms with Crippen LogP contribution in [-0.4, -0.2) is 31.7 Å². The van der Waals surface area contributed by atoms with E-state index in [1.807, 2.05) is 13.8 Å². The number of fused-ring (bicyclic) bond motifs is 1. The molecule has 0 saturated carbocycles. The number of nitrogens with two attached hydrogens (primary N) is 1. The van der Waals surface area contributed by atoms with Gasteiger partial charge in [0.2, 0.25) is 5.91 Å². The first-order chi connectivity index (χ1) is 12.3. The van der Waals surface area contributed by atoms with Gasteiger partial charge in [0.15, 0.2) is 0 Å². The maximum Gasteiger partial charge on any atom is 0.271 e. The van der Waals surface area contributed by atoms with E-state index in [1.54, 1.807) is 6.20 Å². The highest BCUT2D eigenvalue weighted by molar-refractivity contribution is 5.85. The molecule has 1 atom stereocenters. The van der Waals surface area contributed by atoms with Crippen LogP contribution in [-0.2, 0) is 4.79 Å². The van der Waals surface area contributed by atoms with Crippen molar-refractivity contribution >= 4 is 22.8 Å². The summed E-state index contributed by atoms with van der Waals surface area (Å²) in [5, 5.41) is 7.86. The Bertz CT molecular complexity index is 1010. The van der Waals surface area contributed by atoms with Gasteiger partial charge >= 0.3 is 0 Å². The zero-order valence-electron chi connectivity index (χ0n) is 14.4. The SMILES string of the molecule is CC(C)[C@@H](CC(N)=O)Nc1ccc(=O)n(-c2c[nH]c3ncc(F)cc23)n1. The number of primary amides is 1. The summed E-state index contributed by atoms with van der Waals surface area (Å²) in [6, 6.07) is 3.94. The molecule has 0 saturated heterocycles. The quantitative estimate of drug-likeness (QED) is 0.618. The van der Waals surface area contributed by atoms with Crippen LogP contribution in [0.2, 0.25) is 0 Å². The molecule has 3 aromatic heterocycles. The number of anilines is 1. The molecule has 0 spiro atoms. The second kappa shape index (κ2) is 6.95. The molecule has 4 N–H and O–H groups in total. The molecular weight excluding hydrogens is 339 g/mol. The van der Waals surface area contributed by atoms with Crippen molar-refractivity contribution in [3.63, 3.8) is 0 Å². The van der Waals surface area contributed by atoms with Crippen molar-refractivity contribution in [3.8, 4) is 5.69 Å². The van der Waals surface area contributed by atoms with Crippen LogP contribution in [0.4, 0.5) is 10.2 Å². The molecule has 26 heavy (non-hydrogen) atoms. The number of H-pyrrole nitrogens is 1. The number of aromatic amines is 1. The van der Waals surface area contributed by atoms with Crippen molar-refractivity contribution in [3.05, 3.63) is 46.8 Å². The fourth-order valence-corrected chi connectivity index (χ4v) is 2.66. The standard InChI is InChI=1S/C17H19FN6O2/c1-9(2)12(6-14(19)25)22-15-3-4-16(26)24(23-15)13-8-21-17-11(13)5-10(18)7-20-17/h3-5,7-9,12H,6H2,1-2H3,(H2,19,25)(H,20,21)(H,22,23)/t12-/m1/s1. The summed E-state index contributed by atoms with van der Waals surface area (Å²) in [4.78, 5) is 30.3. The van der Waals surface area contributed by atoms with E-state index in [0.29, 0.717) is 22.5 Å². The monoisotopic (exact) mass is 358 g/mol. The van der Waals surface area contributed by atoms with Crippen molar-refractivity contribution < 1.29 is 9.18 Å². The van der Waals surface area contributed by atoms with E-state index in [1.165, 1.54) is 18.2 Å². The summed E-state index contributed by atoms with van der Waals surface area (Å²) >= 11 is 0. The summed E-state index contributed by atoms with van der Waals surface area (Å²) < 4.78 is 14.7. The summed E-state index contributed by atoms with van der Waals surface area (Å²) in [5.41, 5.74) is 5.75. The predicted molar refractivity (Wildman–Crippen MR) is 95.5 cm³/mol. The van der Waals surface area contributed by atoms with Gasteiger partial charge in [-0.25, -0.2) is 9.37 Å². The Hall–Kier alpha value is -3.23. The Labute approximate surface area is 148 Å². The number of amides is 1. The van der Waals surface area contributed by atoms with Gasteiger partial charge in [-0.1, -0.05) is 13.8 Å². The topological polar surface area (TPSA) is 119 Å². The van der Waals surface area contributed by atoms with E-state index < -0.39 is 11.7 Å². The molecule has 0 unspecified atom stereocenters. The molecule has 3 rings (SSSR count). The van der Waals surface area contributed by atoms with Gasteiger partial charge in [0.05, 0.1) is 11.9 Å². The molecule has 0 fully saturated rings. The van der Waals surface area contributed by atoms with Crippen molar-refractivity contribution in [1.82, 2.24) is 19.7 Å². The normalized spacial score (nSPS) is 12.5. The summed E-state index contributed by atoms with van der Waals surface area (Å²) in [7, 11) is 0. The average Bonchev–Trinajstić information content (AvgIpc) is 2.98. The molecular formula is C17H19FN6O2. The van der Waals surface area contributed by atoms with Gasteiger partial charge in [-0.3, -0.25) is 9.59 Å². The maximum atomic E-state index is 13.5. The number of pyridine rings is 1. The molecule has 3 heterocycles. The number of hydrogen-bond donors (Lipinski definition) is 3. The summed E-state index contributed by atoms with van der Waals surface area (Å²) in [6.45, 7) is 3.90. The van der Waals surface area contributed by atoms with Gasteiger partial charge < -0.3 is 16.0 Å². The minimum Gasteiger partial charge on any atom is -0.370 e. The Morgan fingerprint density at radius 2 is 2.19 bits per heavy atom. The van der Waals surface area contributed by atoms with E-state index in [0.717, 1.165) is 10.9 Å².